The minimum absolute atomic E-state index is 0.0658. The number of halogens is 1. The van der Waals surface area contributed by atoms with E-state index in [-0.39, 0.29) is 43.6 Å². The Labute approximate surface area is 241 Å². The Morgan fingerprint density at radius 1 is 1.07 bits per heavy atom. The normalized spacial score (nSPS) is 15.2. The van der Waals surface area contributed by atoms with E-state index in [0.29, 0.717) is 33.6 Å². The lowest BCUT2D eigenvalue weighted by atomic mass is 10.0. The van der Waals surface area contributed by atoms with Crippen molar-refractivity contribution in [3.8, 4) is 23.1 Å². The van der Waals surface area contributed by atoms with E-state index in [9.17, 15) is 9.59 Å². The number of ether oxygens (including phenoxy) is 2. The first-order chi connectivity index (χ1) is 19.9. The number of rotatable bonds is 9. The van der Waals surface area contributed by atoms with E-state index >= 15 is 0 Å². The van der Waals surface area contributed by atoms with E-state index in [0.717, 1.165) is 31.2 Å². The second kappa shape index (κ2) is 11.6. The molecule has 2 aliphatic rings. The summed E-state index contributed by atoms with van der Waals surface area (Å²) in [5.41, 5.74) is 1.41. The van der Waals surface area contributed by atoms with Crippen LogP contribution in [0.5, 0.6) is 11.5 Å². The number of carbonyl (C=O) groups excluding carboxylic acids is 2. The lowest BCUT2D eigenvalue weighted by Crippen LogP contribution is -2.46. The number of fused-ring (bicyclic) bond motifs is 1. The van der Waals surface area contributed by atoms with Crippen LogP contribution in [-0.2, 0) is 22.7 Å². The highest BCUT2D eigenvalue weighted by Crippen LogP contribution is 2.34. The maximum absolute atomic E-state index is 14.0. The number of tetrazole rings is 1. The number of benzene rings is 2. The molecule has 1 saturated carbocycles. The molecular weight excluding hydrogens is 548 g/mol. The third kappa shape index (κ3) is 6.04. The standard InChI is InChI=1S/C29H29ClN6O5/c1-18-6-12-24(41-18)28-32-34-36(33-28)16-26(37)35(15-19-7-13-23-25(14-19)40-17-39-23)27(20-8-10-21(30)11-9-20)29(38)31-22-4-2-3-5-22/h6-14,22,27H,2-5,15-17H2,1H3,(H,31,38)/t27-/m1/s1. The van der Waals surface area contributed by atoms with Crippen LogP contribution >= 0.6 is 11.6 Å². The molecule has 4 aromatic rings. The molecule has 1 aliphatic carbocycles. The zero-order chi connectivity index (χ0) is 28.3. The number of aryl methyl sites for hydroxylation is 1. The fourth-order valence-corrected chi connectivity index (χ4v) is 5.33. The van der Waals surface area contributed by atoms with Crippen molar-refractivity contribution < 1.29 is 23.5 Å². The van der Waals surface area contributed by atoms with Gasteiger partial charge in [-0.3, -0.25) is 9.59 Å². The summed E-state index contributed by atoms with van der Waals surface area (Å²) in [7, 11) is 0. The van der Waals surface area contributed by atoms with E-state index in [1.165, 1.54) is 9.70 Å². The Morgan fingerprint density at radius 2 is 1.85 bits per heavy atom. The van der Waals surface area contributed by atoms with Crippen molar-refractivity contribution in [1.82, 2.24) is 30.4 Å². The maximum Gasteiger partial charge on any atom is 0.247 e. The summed E-state index contributed by atoms with van der Waals surface area (Å²) < 4.78 is 16.6. The van der Waals surface area contributed by atoms with Gasteiger partial charge in [-0.05, 0) is 72.5 Å². The second-order valence-corrected chi connectivity index (χ2v) is 10.6. The summed E-state index contributed by atoms with van der Waals surface area (Å²) in [6.07, 6.45) is 3.94. The van der Waals surface area contributed by atoms with Gasteiger partial charge in [0.05, 0.1) is 0 Å². The minimum Gasteiger partial charge on any atom is -0.458 e. The third-order valence-electron chi connectivity index (χ3n) is 7.25. The number of aromatic nitrogens is 4. The average molecular weight is 577 g/mol. The summed E-state index contributed by atoms with van der Waals surface area (Å²) >= 11 is 6.18. The highest BCUT2D eigenvalue weighted by Gasteiger charge is 2.34. The molecule has 41 heavy (non-hydrogen) atoms. The Balaban J connectivity index is 1.33. The molecule has 0 bridgehead atoms. The molecule has 11 nitrogen and oxygen atoms in total. The zero-order valence-electron chi connectivity index (χ0n) is 22.5. The average Bonchev–Trinajstić information content (AvgIpc) is 3.77. The molecule has 0 saturated heterocycles. The van der Waals surface area contributed by atoms with Gasteiger partial charge in [-0.15, -0.1) is 10.2 Å². The topological polar surface area (TPSA) is 125 Å². The molecule has 1 atom stereocenters. The fourth-order valence-electron chi connectivity index (χ4n) is 5.20. The summed E-state index contributed by atoms with van der Waals surface area (Å²) in [5.74, 6) is 2.02. The van der Waals surface area contributed by atoms with Crippen LogP contribution in [0.4, 0.5) is 0 Å². The molecular formula is C29H29ClN6O5. The smallest absolute Gasteiger partial charge is 0.247 e. The van der Waals surface area contributed by atoms with Crippen molar-refractivity contribution in [1.29, 1.82) is 0 Å². The van der Waals surface area contributed by atoms with Gasteiger partial charge < -0.3 is 24.1 Å². The molecule has 3 heterocycles. The number of carbonyl (C=O) groups is 2. The highest BCUT2D eigenvalue weighted by atomic mass is 35.5. The van der Waals surface area contributed by atoms with Crippen LogP contribution < -0.4 is 14.8 Å². The van der Waals surface area contributed by atoms with Crippen molar-refractivity contribution in [2.75, 3.05) is 6.79 Å². The van der Waals surface area contributed by atoms with Crippen molar-refractivity contribution >= 4 is 23.4 Å². The van der Waals surface area contributed by atoms with Gasteiger partial charge in [0.15, 0.2) is 17.3 Å². The van der Waals surface area contributed by atoms with Crippen molar-refractivity contribution in [2.24, 2.45) is 0 Å². The predicted octanol–water partition coefficient (Wildman–Crippen LogP) is 4.45. The van der Waals surface area contributed by atoms with E-state index in [2.05, 4.69) is 20.7 Å². The van der Waals surface area contributed by atoms with Crippen LogP contribution in [0.1, 0.15) is 48.6 Å². The van der Waals surface area contributed by atoms with Crippen LogP contribution in [0.15, 0.2) is 59.0 Å². The Hall–Kier alpha value is -4.38. The monoisotopic (exact) mass is 576 g/mol. The van der Waals surface area contributed by atoms with E-state index in [4.69, 9.17) is 25.5 Å². The molecule has 1 aliphatic heterocycles. The molecule has 2 aromatic heterocycles. The van der Waals surface area contributed by atoms with Crippen LogP contribution in [0.3, 0.4) is 0 Å². The molecule has 212 valence electrons. The Morgan fingerprint density at radius 3 is 2.61 bits per heavy atom. The number of hydrogen-bond donors (Lipinski definition) is 1. The molecule has 1 fully saturated rings. The van der Waals surface area contributed by atoms with Gasteiger partial charge in [0.1, 0.15) is 18.3 Å². The Kier molecular flexibility index (Phi) is 7.60. The molecule has 2 amide bonds. The fraction of sp³-hybridized carbons (Fsp3) is 0.345. The van der Waals surface area contributed by atoms with Gasteiger partial charge in [-0.2, -0.15) is 4.80 Å². The largest absolute Gasteiger partial charge is 0.458 e. The lowest BCUT2D eigenvalue weighted by molar-refractivity contribution is -0.142. The number of hydrogen-bond acceptors (Lipinski definition) is 8. The quantitative estimate of drug-likeness (QED) is 0.310. The molecule has 0 unspecified atom stereocenters. The summed E-state index contributed by atoms with van der Waals surface area (Å²) in [4.78, 5) is 30.7. The van der Waals surface area contributed by atoms with E-state index in [1.54, 1.807) is 42.5 Å². The molecule has 12 heteroatoms. The van der Waals surface area contributed by atoms with E-state index in [1.807, 2.05) is 19.1 Å². The van der Waals surface area contributed by atoms with Crippen molar-refractivity contribution in [3.05, 3.63) is 76.5 Å². The minimum atomic E-state index is -0.929. The van der Waals surface area contributed by atoms with Crippen LogP contribution in [0.2, 0.25) is 5.02 Å². The SMILES string of the molecule is Cc1ccc(-c2nnn(CC(=O)N(Cc3ccc4c(c3)OCO4)[C@@H](C(=O)NC3CCCC3)c3ccc(Cl)cc3)n2)o1. The molecule has 2 aromatic carbocycles. The summed E-state index contributed by atoms with van der Waals surface area (Å²) in [5, 5.41) is 16.2. The Bertz CT molecular complexity index is 1550. The van der Waals surface area contributed by atoms with Crippen LogP contribution in [0, 0.1) is 6.92 Å². The first-order valence-electron chi connectivity index (χ1n) is 13.5. The molecule has 6 rings (SSSR count). The molecule has 0 radical (unpaired) electrons. The summed E-state index contributed by atoms with van der Waals surface area (Å²) in [6.45, 7) is 1.84. The number of furan rings is 1. The third-order valence-corrected chi connectivity index (χ3v) is 7.50. The number of amides is 2. The van der Waals surface area contributed by atoms with Crippen molar-refractivity contribution in [2.45, 2.75) is 57.8 Å². The maximum atomic E-state index is 14.0. The van der Waals surface area contributed by atoms with Gasteiger partial charge >= 0.3 is 0 Å². The highest BCUT2D eigenvalue weighted by molar-refractivity contribution is 6.30. The first-order valence-corrected chi connectivity index (χ1v) is 13.9. The van der Waals surface area contributed by atoms with E-state index < -0.39 is 6.04 Å². The number of nitrogens with one attached hydrogen (secondary N) is 1. The van der Waals surface area contributed by atoms with Crippen molar-refractivity contribution in [3.63, 3.8) is 0 Å². The molecule has 0 spiro atoms. The van der Waals surface area contributed by atoms with Gasteiger partial charge in [-0.1, -0.05) is 42.6 Å². The van der Waals surface area contributed by atoms with Gasteiger partial charge in [0.2, 0.25) is 24.4 Å². The lowest BCUT2D eigenvalue weighted by Gasteiger charge is -2.32. The predicted molar refractivity (Wildman–Crippen MR) is 148 cm³/mol. The zero-order valence-corrected chi connectivity index (χ0v) is 23.2. The van der Waals surface area contributed by atoms with Gasteiger partial charge in [0.25, 0.3) is 0 Å². The first kappa shape index (κ1) is 26.8. The number of nitrogens with zero attached hydrogens (tertiary/aromatic N) is 5. The summed E-state index contributed by atoms with van der Waals surface area (Å²) in [6, 6.07) is 15.1. The second-order valence-electron chi connectivity index (χ2n) is 10.2. The van der Waals surface area contributed by atoms with Gasteiger partial charge in [0, 0.05) is 17.6 Å². The van der Waals surface area contributed by atoms with Crippen LogP contribution in [0.25, 0.3) is 11.6 Å². The molecule has 1 N–H and O–H groups in total. The van der Waals surface area contributed by atoms with Crippen LogP contribution in [-0.4, -0.2) is 49.8 Å². The van der Waals surface area contributed by atoms with Gasteiger partial charge in [-0.25, -0.2) is 0 Å².